The molecular weight excluding hydrogens is 412 g/mol. The third-order valence-electron chi connectivity index (χ3n) is 4.54. The lowest BCUT2D eigenvalue weighted by Crippen LogP contribution is -2.37. The van der Waals surface area contributed by atoms with E-state index in [-0.39, 0.29) is 12.0 Å². The molecule has 0 aliphatic carbocycles. The zero-order chi connectivity index (χ0) is 22.2. The molecule has 1 fully saturated rings. The van der Waals surface area contributed by atoms with E-state index >= 15 is 0 Å². The number of rotatable bonds is 7. The van der Waals surface area contributed by atoms with Crippen molar-refractivity contribution in [2.24, 2.45) is 5.10 Å². The number of esters is 1. The van der Waals surface area contributed by atoms with Gasteiger partial charge in [-0.3, -0.25) is 0 Å². The molecule has 0 bridgehead atoms. The van der Waals surface area contributed by atoms with Crippen LogP contribution in [0.3, 0.4) is 0 Å². The summed E-state index contributed by atoms with van der Waals surface area (Å²) in [5.74, 6) is 0.735. The molecule has 0 saturated carbocycles. The Labute approximate surface area is 184 Å². The number of carbonyl (C=O) groups is 1. The van der Waals surface area contributed by atoms with Gasteiger partial charge in [0.2, 0.25) is 5.95 Å². The van der Waals surface area contributed by atoms with Crippen molar-refractivity contribution in [3.63, 3.8) is 0 Å². The van der Waals surface area contributed by atoms with Crippen molar-refractivity contribution in [1.82, 2.24) is 15.0 Å². The van der Waals surface area contributed by atoms with E-state index in [0.29, 0.717) is 43.6 Å². The number of morpholine rings is 1. The second kappa shape index (κ2) is 10.3. The second-order valence-electron chi connectivity index (χ2n) is 6.74. The van der Waals surface area contributed by atoms with Crippen LogP contribution in [0, 0.1) is 0 Å². The molecule has 0 spiro atoms. The average Bonchev–Trinajstić information content (AvgIpc) is 2.85. The van der Waals surface area contributed by atoms with E-state index in [0.717, 1.165) is 5.56 Å². The number of carbonyl (C=O) groups excluding carboxylic acids is 1. The Morgan fingerprint density at radius 1 is 1.09 bits per heavy atom. The van der Waals surface area contributed by atoms with Crippen LogP contribution >= 0.6 is 0 Å². The van der Waals surface area contributed by atoms with Gasteiger partial charge in [-0.1, -0.05) is 30.3 Å². The molecule has 1 aliphatic heterocycles. The van der Waals surface area contributed by atoms with Crippen LogP contribution in [0.2, 0.25) is 0 Å². The van der Waals surface area contributed by atoms with E-state index in [1.807, 2.05) is 17.0 Å². The van der Waals surface area contributed by atoms with Crippen LogP contribution in [0.4, 0.5) is 11.9 Å². The van der Waals surface area contributed by atoms with Gasteiger partial charge in [0, 0.05) is 13.1 Å². The van der Waals surface area contributed by atoms with Crippen molar-refractivity contribution in [3.8, 4) is 11.8 Å². The summed E-state index contributed by atoms with van der Waals surface area (Å²) in [7, 11) is 1.49. The Kier molecular flexibility index (Phi) is 6.83. The van der Waals surface area contributed by atoms with Crippen LogP contribution in [0.25, 0.3) is 0 Å². The summed E-state index contributed by atoms with van der Waals surface area (Å²) in [6.45, 7) is 2.59. The van der Waals surface area contributed by atoms with E-state index < -0.39 is 5.97 Å². The van der Waals surface area contributed by atoms with Crippen LogP contribution in [0.1, 0.15) is 15.9 Å². The van der Waals surface area contributed by atoms with Crippen LogP contribution in [0.5, 0.6) is 11.8 Å². The number of ether oxygens (including phenoxy) is 3. The average molecular weight is 434 g/mol. The van der Waals surface area contributed by atoms with Crippen LogP contribution in [-0.4, -0.2) is 60.5 Å². The molecule has 10 nitrogen and oxygen atoms in total. The van der Waals surface area contributed by atoms with E-state index in [1.165, 1.54) is 7.11 Å². The van der Waals surface area contributed by atoms with Gasteiger partial charge in [-0.2, -0.15) is 20.1 Å². The lowest BCUT2D eigenvalue weighted by Gasteiger charge is -2.26. The number of nitrogens with zero attached hydrogens (tertiary/aromatic N) is 5. The zero-order valence-corrected chi connectivity index (χ0v) is 17.5. The highest BCUT2D eigenvalue weighted by molar-refractivity contribution is 5.91. The largest absolute Gasteiger partial charge is 0.467 e. The molecule has 1 aliphatic rings. The fourth-order valence-corrected chi connectivity index (χ4v) is 2.96. The van der Waals surface area contributed by atoms with Gasteiger partial charge >= 0.3 is 12.0 Å². The fourth-order valence-electron chi connectivity index (χ4n) is 2.96. The molecule has 0 amide bonds. The van der Waals surface area contributed by atoms with Crippen LogP contribution in [0.15, 0.2) is 59.7 Å². The molecule has 1 N–H and O–H groups in total. The van der Waals surface area contributed by atoms with Gasteiger partial charge in [0.25, 0.3) is 5.95 Å². The Bertz CT molecular complexity index is 1090. The van der Waals surface area contributed by atoms with Gasteiger partial charge in [-0.15, -0.1) is 0 Å². The standard InChI is InChI=1S/C22H22N6O4/c1-30-22-25-20(24-21(26-22)28-10-12-31-13-11-28)27-23-15-16-6-5-9-18(14-16)32-19(29)17-7-3-2-4-8-17/h2-9,14-15H,10-13H2,1H3,(H,24,25,26,27)/b23-15+. The third kappa shape index (κ3) is 5.55. The van der Waals surface area contributed by atoms with Crippen molar-refractivity contribution >= 4 is 24.1 Å². The Balaban J connectivity index is 1.42. The number of methoxy groups -OCH3 is 1. The third-order valence-corrected chi connectivity index (χ3v) is 4.54. The van der Waals surface area contributed by atoms with E-state index in [2.05, 4.69) is 25.5 Å². The maximum atomic E-state index is 12.2. The first-order chi connectivity index (χ1) is 15.7. The highest BCUT2D eigenvalue weighted by Crippen LogP contribution is 2.17. The first-order valence-electron chi connectivity index (χ1n) is 10.0. The van der Waals surface area contributed by atoms with E-state index in [1.54, 1.807) is 48.7 Å². The number of aromatic nitrogens is 3. The highest BCUT2D eigenvalue weighted by atomic mass is 16.5. The first kappa shape index (κ1) is 21.2. The maximum absolute atomic E-state index is 12.2. The number of benzene rings is 2. The SMILES string of the molecule is COc1nc(N/N=C/c2cccc(OC(=O)c3ccccc3)c2)nc(N2CCOCC2)n1. The molecule has 0 atom stereocenters. The summed E-state index contributed by atoms with van der Waals surface area (Å²) in [5, 5.41) is 4.18. The molecule has 32 heavy (non-hydrogen) atoms. The molecule has 4 rings (SSSR count). The van der Waals surface area contributed by atoms with Gasteiger partial charge in [0.1, 0.15) is 5.75 Å². The van der Waals surface area contributed by atoms with Gasteiger partial charge in [0.05, 0.1) is 32.1 Å². The van der Waals surface area contributed by atoms with Crippen molar-refractivity contribution in [2.75, 3.05) is 43.7 Å². The molecule has 1 saturated heterocycles. The van der Waals surface area contributed by atoms with E-state index in [9.17, 15) is 4.79 Å². The van der Waals surface area contributed by atoms with Crippen LogP contribution < -0.4 is 19.8 Å². The second-order valence-corrected chi connectivity index (χ2v) is 6.74. The molecule has 2 aromatic carbocycles. The zero-order valence-electron chi connectivity index (χ0n) is 17.5. The smallest absolute Gasteiger partial charge is 0.343 e. The van der Waals surface area contributed by atoms with Crippen molar-refractivity contribution in [1.29, 1.82) is 0 Å². The molecule has 1 aromatic heterocycles. The minimum absolute atomic E-state index is 0.189. The van der Waals surface area contributed by atoms with E-state index in [4.69, 9.17) is 14.2 Å². The summed E-state index contributed by atoms with van der Waals surface area (Å²) < 4.78 is 16.0. The predicted molar refractivity (Wildman–Crippen MR) is 118 cm³/mol. The van der Waals surface area contributed by atoms with Gasteiger partial charge in [-0.25, -0.2) is 10.2 Å². The molecule has 0 unspecified atom stereocenters. The number of nitrogens with one attached hydrogen (secondary N) is 1. The normalized spacial score (nSPS) is 13.7. The Hall–Kier alpha value is -4.05. The number of hydrogen-bond donors (Lipinski definition) is 1. The number of hydrogen-bond acceptors (Lipinski definition) is 10. The molecule has 3 aromatic rings. The lowest BCUT2D eigenvalue weighted by atomic mass is 10.2. The predicted octanol–water partition coefficient (Wildman–Crippen LogP) is 2.38. The molecule has 0 radical (unpaired) electrons. The van der Waals surface area contributed by atoms with Crippen LogP contribution in [-0.2, 0) is 4.74 Å². The number of anilines is 2. The quantitative estimate of drug-likeness (QED) is 0.259. The minimum atomic E-state index is -0.425. The van der Waals surface area contributed by atoms with Gasteiger partial charge in [-0.05, 0) is 29.8 Å². The van der Waals surface area contributed by atoms with Crippen molar-refractivity contribution in [3.05, 3.63) is 65.7 Å². The van der Waals surface area contributed by atoms with Gasteiger partial charge < -0.3 is 19.1 Å². The number of hydrazone groups is 1. The summed E-state index contributed by atoms with van der Waals surface area (Å²) in [6.07, 6.45) is 1.57. The Morgan fingerprint density at radius 3 is 2.69 bits per heavy atom. The summed E-state index contributed by atoms with van der Waals surface area (Å²) in [6, 6.07) is 16.0. The molecule has 164 valence electrons. The minimum Gasteiger partial charge on any atom is -0.467 e. The summed E-state index contributed by atoms with van der Waals surface area (Å²) in [4.78, 5) is 27.1. The van der Waals surface area contributed by atoms with Gasteiger partial charge in [0.15, 0.2) is 0 Å². The summed E-state index contributed by atoms with van der Waals surface area (Å²) >= 11 is 0. The molecule has 2 heterocycles. The molecular formula is C22H22N6O4. The van der Waals surface area contributed by atoms with Crippen molar-refractivity contribution < 1.29 is 19.0 Å². The highest BCUT2D eigenvalue weighted by Gasteiger charge is 2.16. The monoisotopic (exact) mass is 434 g/mol. The maximum Gasteiger partial charge on any atom is 0.343 e. The van der Waals surface area contributed by atoms with Crippen molar-refractivity contribution in [2.45, 2.75) is 0 Å². The lowest BCUT2D eigenvalue weighted by molar-refractivity contribution is 0.0734. The fraction of sp³-hybridized carbons (Fsp3) is 0.227. The Morgan fingerprint density at radius 2 is 1.91 bits per heavy atom. The first-order valence-corrected chi connectivity index (χ1v) is 10.0. The topological polar surface area (TPSA) is 111 Å². The summed E-state index contributed by atoms with van der Waals surface area (Å²) in [5.41, 5.74) is 4.00. The molecule has 10 heteroatoms.